The van der Waals surface area contributed by atoms with E-state index < -0.39 is 85.2 Å². The lowest BCUT2D eigenvalue weighted by Crippen LogP contribution is -3.08. The number of allylic oxidation sites excluding steroid dienone is 1. The van der Waals surface area contributed by atoms with Gasteiger partial charge in [-0.05, 0) is 42.8 Å². The van der Waals surface area contributed by atoms with Crippen LogP contribution in [0.4, 0.5) is 0 Å². The average Bonchev–Trinajstić information content (AvgIpc) is 3.99. The number of nitrogens with two attached hydrogens (primary N) is 1. The summed E-state index contributed by atoms with van der Waals surface area (Å²) in [6.07, 6.45) is -4.49. The van der Waals surface area contributed by atoms with Crippen LogP contribution in [0.25, 0.3) is 0 Å². The van der Waals surface area contributed by atoms with Crippen molar-refractivity contribution >= 4 is 18.2 Å². The van der Waals surface area contributed by atoms with Gasteiger partial charge in [0.05, 0.1) is 12.5 Å². The minimum absolute atomic E-state index is 0.0509. The molecular weight excluding hydrogens is 877 g/mol. The molecule has 20 nitrogen and oxygen atoms in total. The number of hydrogen-bond donors (Lipinski definition) is 10. The molecule has 11 unspecified atom stereocenters. The van der Waals surface area contributed by atoms with E-state index in [0.29, 0.717) is 52.5 Å². The molecule has 3 aromatic rings. The normalized spacial score (nSPS) is 31.6. The lowest BCUT2D eigenvalue weighted by Gasteiger charge is -2.55. The molecule has 20 heteroatoms. The van der Waals surface area contributed by atoms with Crippen molar-refractivity contribution < 1.29 is 83.4 Å². The molecule has 1 saturated heterocycles. The van der Waals surface area contributed by atoms with Crippen molar-refractivity contribution in [1.82, 2.24) is 5.32 Å². The smallest absolute Gasteiger partial charge is 0.317 e. The summed E-state index contributed by atoms with van der Waals surface area (Å²) in [6, 6.07) is 15.0. The minimum Gasteiger partial charge on any atom is -0.489 e. The molecule has 0 saturated carbocycles. The summed E-state index contributed by atoms with van der Waals surface area (Å²) in [5, 5.41) is 78.9. The first-order chi connectivity index (χ1) is 32.4. The monoisotopic (exact) mass is 927 g/mol. The van der Waals surface area contributed by atoms with Gasteiger partial charge in [0.2, 0.25) is 12.0 Å². The molecule has 0 aliphatic carbocycles. The Morgan fingerprint density at radius 3 is 2.60 bits per heavy atom. The van der Waals surface area contributed by atoms with Gasteiger partial charge in [-0.3, -0.25) is 19.5 Å². The van der Waals surface area contributed by atoms with Gasteiger partial charge < -0.3 is 80.0 Å². The second kappa shape index (κ2) is 17.5. The number of carboxylic acid groups (broad SMARTS) is 1. The van der Waals surface area contributed by atoms with Crippen LogP contribution in [0.2, 0.25) is 0 Å². The second-order valence-electron chi connectivity index (χ2n) is 17.5. The lowest BCUT2D eigenvalue weighted by molar-refractivity contribution is -0.867. The number of aliphatic carboxylic acids is 1. The highest BCUT2D eigenvalue weighted by molar-refractivity contribution is 5.90. The molecule has 7 aliphatic rings. The molecule has 7 heterocycles. The van der Waals surface area contributed by atoms with Crippen molar-refractivity contribution in [3.8, 4) is 28.7 Å². The topological polar surface area (TPSA) is 295 Å². The van der Waals surface area contributed by atoms with E-state index >= 15 is 0 Å². The van der Waals surface area contributed by atoms with Crippen LogP contribution in [0, 0.1) is 0 Å². The van der Waals surface area contributed by atoms with E-state index in [1.165, 1.54) is 12.3 Å². The number of benzene rings is 3. The molecule has 1 fully saturated rings. The highest BCUT2D eigenvalue weighted by Crippen LogP contribution is 2.60. The standard InChI is InChI=1S/C47H50N4O16/c48-44-43(65-34(57)18-33(55)56)47(11-13-50-44)42(59)41(58)46(60)10-8-25-27(20-51-19-24-9-12-49-37(24)28(51)21-53)36-32(17-30(25)64-45(46)67-47)63-31(16-23-4-2-1-3-5-23)35-26-6-7-29(62-22-54)39(61-15-14-52)38(26)66-40(35)36/h1-7,9,11-13,17,31,35,40-45,50,52-54,58-60H,8,10,14-16,18-22,48H2,(H,55,56)/p+1. The molecule has 1 spiro atoms. The fraction of sp³-hybridized carbons (Fsp3) is 0.426. The van der Waals surface area contributed by atoms with Gasteiger partial charge in [-0.2, -0.15) is 0 Å². The Kier molecular flexibility index (Phi) is 11.7. The first kappa shape index (κ1) is 44.7. The van der Waals surface area contributed by atoms with Gasteiger partial charge in [0.25, 0.3) is 0 Å². The minimum atomic E-state index is -2.30. The van der Waals surface area contributed by atoms with Gasteiger partial charge in [0, 0.05) is 46.5 Å². The van der Waals surface area contributed by atoms with Crippen LogP contribution in [-0.2, 0) is 38.4 Å². The van der Waals surface area contributed by atoms with E-state index in [9.17, 15) is 45.3 Å². The molecule has 11 atom stereocenters. The van der Waals surface area contributed by atoms with Crippen molar-refractivity contribution in [2.75, 3.05) is 33.2 Å². The van der Waals surface area contributed by atoms with Crippen molar-refractivity contribution in [1.29, 1.82) is 0 Å². The Balaban J connectivity index is 1.12. The number of nitrogens with one attached hydrogen (secondary N) is 2. The fourth-order valence-electron chi connectivity index (χ4n) is 10.7. The summed E-state index contributed by atoms with van der Waals surface area (Å²) >= 11 is 0. The summed E-state index contributed by atoms with van der Waals surface area (Å²) in [6.45, 7) is -0.642. The van der Waals surface area contributed by atoms with Crippen molar-refractivity contribution in [3.63, 3.8) is 0 Å². The summed E-state index contributed by atoms with van der Waals surface area (Å²) in [4.78, 5) is 29.6. The number of hydrogen-bond acceptors (Lipinski definition) is 18. The highest BCUT2D eigenvalue weighted by Gasteiger charge is 2.67. The zero-order valence-corrected chi connectivity index (χ0v) is 35.9. The maximum absolute atomic E-state index is 12.8. The van der Waals surface area contributed by atoms with Crippen LogP contribution in [0.15, 0.2) is 88.8 Å². The van der Waals surface area contributed by atoms with Gasteiger partial charge in [0.15, 0.2) is 41.3 Å². The number of fused-ring (bicyclic) bond motifs is 8. The predicted molar refractivity (Wildman–Crippen MR) is 230 cm³/mol. The second-order valence-corrected chi connectivity index (χ2v) is 17.5. The van der Waals surface area contributed by atoms with Gasteiger partial charge >= 0.3 is 11.9 Å². The number of quaternary nitrogens is 1. The number of rotatable bonds is 13. The number of nitrogens with zero attached hydrogens (tertiary/aromatic N) is 1. The number of carbonyl (C=O) groups is 2. The third-order valence-electron chi connectivity index (χ3n) is 13.8. The van der Waals surface area contributed by atoms with Gasteiger partial charge in [-0.25, -0.2) is 0 Å². The number of ether oxygens (including phenoxy) is 7. The Morgan fingerprint density at radius 2 is 1.84 bits per heavy atom. The largest absolute Gasteiger partial charge is 0.489 e. The van der Waals surface area contributed by atoms with Crippen LogP contribution < -0.4 is 39.6 Å². The predicted octanol–water partition coefficient (Wildman–Crippen LogP) is -1.12. The van der Waals surface area contributed by atoms with E-state index in [2.05, 4.69) is 10.3 Å². The van der Waals surface area contributed by atoms with E-state index in [1.54, 1.807) is 18.3 Å². The number of aliphatic hydroxyl groups is 6. The first-order valence-electron chi connectivity index (χ1n) is 22.0. The van der Waals surface area contributed by atoms with Gasteiger partial charge in [-0.1, -0.05) is 36.4 Å². The van der Waals surface area contributed by atoms with Crippen molar-refractivity contribution in [3.05, 3.63) is 112 Å². The third kappa shape index (κ3) is 7.48. The maximum Gasteiger partial charge on any atom is 0.317 e. The fourth-order valence-corrected chi connectivity index (χ4v) is 10.7. The van der Waals surface area contributed by atoms with E-state index in [4.69, 9.17) is 38.9 Å². The van der Waals surface area contributed by atoms with Gasteiger partial charge in [-0.15, -0.1) is 0 Å². The van der Waals surface area contributed by atoms with Crippen LogP contribution in [0.5, 0.6) is 28.7 Å². The first-order valence-corrected chi connectivity index (χ1v) is 22.0. The molecule has 67 heavy (non-hydrogen) atoms. The number of esters is 1. The number of carbonyl (C=O) groups excluding carboxylic acids is 1. The third-order valence-corrected chi connectivity index (χ3v) is 13.8. The van der Waals surface area contributed by atoms with Crippen molar-refractivity contribution in [2.24, 2.45) is 10.7 Å². The molecular formula is C47H51N4O16+. The van der Waals surface area contributed by atoms with Crippen LogP contribution in [-0.4, -0.2) is 135 Å². The molecule has 7 aliphatic heterocycles. The van der Waals surface area contributed by atoms with Crippen LogP contribution >= 0.6 is 0 Å². The van der Waals surface area contributed by atoms with Crippen LogP contribution in [0.3, 0.4) is 0 Å². The van der Waals surface area contributed by atoms with Crippen molar-refractivity contribution in [2.45, 2.75) is 92.3 Å². The SMILES string of the molecule is NC1NC=CC2(OC3Oc4cc5c(c(C[NH+]6CC7=CC=NC7=C6CO)c4CCC3(O)C(O)C2O)C2Oc3c(ccc(OCO)c3OCCO)C2C(Cc2ccccc2)O5)C1OC(=O)CC(=O)O. The van der Waals surface area contributed by atoms with E-state index in [0.717, 1.165) is 21.6 Å². The molecule has 354 valence electrons. The zero-order valence-electron chi connectivity index (χ0n) is 35.9. The molecule has 10 rings (SSSR count). The summed E-state index contributed by atoms with van der Waals surface area (Å²) in [7, 11) is 0. The zero-order chi connectivity index (χ0) is 46.8. The van der Waals surface area contributed by atoms with E-state index in [-0.39, 0.29) is 56.5 Å². The Labute approximate surface area is 382 Å². The summed E-state index contributed by atoms with van der Waals surface area (Å²) in [5.41, 5.74) is 7.80. The average molecular weight is 928 g/mol. The lowest BCUT2D eigenvalue weighted by atomic mass is 9.73. The molecule has 0 bridgehead atoms. The highest BCUT2D eigenvalue weighted by atomic mass is 16.7. The number of aliphatic hydroxyl groups excluding tert-OH is 5. The summed E-state index contributed by atoms with van der Waals surface area (Å²) in [5.74, 6) is -1.84. The van der Waals surface area contributed by atoms with Crippen LogP contribution in [0.1, 0.15) is 52.7 Å². The van der Waals surface area contributed by atoms with Gasteiger partial charge in [0.1, 0.15) is 80.5 Å². The number of carboxylic acids is 1. The molecule has 3 aromatic carbocycles. The number of aliphatic imine (C=N–C) groups is 1. The Morgan fingerprint density at radius 1 is 1.01 bits per heavy atom. The Hall–Kier alpha value is -6.07. The molecule has 0 aromatic heterocycles. The molecule has 0 radical (unpaired) electrons. The quantitative estimate of drug-likeness (QED) is 0.0552. The Bertz CT molecular complexity index is 2590. The summed E-state index contributed by atoms with van der Waals surface area (Å²) < 4.78 is 44.5. The molecule has 11 N–H and O–H groups in total. The van der Waals surface area contributed by atoms with E-state index in [1.807, 2.05) is 42.5 Å². The maximum atomic E-state index is 12.8. The molecule has 0 amide bonds.